The third kappa shape index (κ3) is 2.64. The maximum atomic E-state index is 11.8. The minimum atomic E-state index is -0.452. The van der Waals surface area contributed by atoms with Crippen molar-refractivity contribution in [3.63, 3.8) is 0 Å². The van der Waals surface area contributed by atoms with Crippen LogP contribution >= 0.6 is 11.6 Å². The van der Waals surface area contributed by atoms with Gasteiger partial charge in [0.15, 0.2) is 5.75 Å². The number of hydrogen-bond acceptors (Lipinski definition) is 4. The number of carbonyl (C=O) groups excluding carboxylic acids is 1. The number of methoxy groups -OCH3 is 2. The fourth-order valence-corrected chi connectivity index (χ4v) is 1.83. The van der Waals surface area contributed by atoms with Crippen molar-refractivity contribution < 1.29 is 19.0 Å². The van der Waals surface area contributed by atoms with E-state index in [9.17, 15) is 4.79 Å². The molecular formula is C12H15ClO4. The zero-order valence-electron chi connectivity index (χ0n) is 10.3. The third-order valence-electron chi connectivity index (χ3n) is 2.29. The maximum absolute atomic E-state index is 11.8. The second-order valence-electron chi connectivity index (χ2n) is 3.34. The van der Waals surface area contributed by atoms with E-state index < -0.39 is 5.97 Å². The lowest BCUT2D eigenvalue weighted by Crippen LogP contribution is -2.09. The van der Waals surface area contributed by atoms with E-state index in [4.69, 9.17) is 25.8 Å². The molecule has 0 aliphatic heterocycles. The van der Waals surface area contributed by atoms with Crippen LogP contribution in [0.5, 0.6) is 11.5 Å². The van der Waals surface area contributed by atoms with Gasteiger partial charge in [-0.05, 0) is 25.5 Å². The molecular weight excluding hydrogens is 244 g/mol. The number of halogens is 1. The molecule has 0 heterocycles. The quantitative estimate of drug-likeness (QED) is 0.779. The molecule has 0 bridgehead atoms. The maximum Gasteiger partial charge on any atom is 0.342 e. The first kappa shape index (κ1) is 13.6. The van der Waals surface area contributed by atoms with E-state index >= 15 is 0 Å². The monoisotopic (exact) mass is 258 g/mol. The molecule has 1 aromatic carbocycles. The Balaban J connectivity index is 3.38. The lowest BCUT2D eigenvalue weighted by atomic mass is 10.1. The van der Waals surface area contributed by atoms with Gasteiger partial charge in [0, 0.05) is 0 Å². The zero-order chi connectivity index (χ0) is 13.0. The predicted molar refractivity (Wildman–Crippen MR) is 65.2 cm³/mol. The average molecular weight is 259 g/mol. The van der Waals surface area contributed by atoms with E-state index in [0.29, 0.717) is 23.5 Å². The number of hydrogen-bond donors (Lipinski definition) is 0. The van der Waals surface area contributed by atoms with Gasteiger partial charge >= 0.3 is 5.97 Å². The molecule has 0 saturated carbocycles. The Hall–Kier alpha value is -1.42. The topological polar surface area (TPSA) is 44.8 Å². The first-order chi connectivity index (χ1) is 8.06. The molecule has 0 N–H and O–H groups in total. The molecule has 0 amide bonds. The molecule has 5 heteroatoms. The molecule has 0 atom stereocenters. The summed E-state index contributed by atoms with van der Waals surface area (Å²) < 4.78 is 15.2. The average Bonchev–Trinajstić information content (AvgIpc) is 2.31. The molecule has 0 saturated heterocycles. The van der Waals surface area contributed by atoms with Gasteiger partial charge in [0.1, 0.15) is 16.3 Å². The molecule has 0 spiro atoms. The Morgan fingerprint density at radius 3 is 2.47 bits per heavy atom. The first-order valence-electron chi connectivity index (χ1n) is 5.15. The smallest absolute Gasteiger partial charge is 0.342 e. The van der Waals surface area contributed by atoms with Crippen molar-refractivity contribution in [3.8, 4) is 11.5 Å². The Morgan fingerprint density at radius 1 is 1.35 bits per heavy atom. The highest BCUT2D eigenvalue weighted by Crippen LogP contribution is 2.39. The highest BCUT2D eigenvalue weighted by atomic mass is 35.5. The van der Waals surface area contributed by atoms with Crippen LogP contribution in [-0.4, -0.2) is 26.8 Å². The minimum Gasteiger partial charge on any atom is -0.495 e. The number of ether oxygens (including phenoxy) is 3. The van der Waals surface area contributed by atoms with Gasteiger partial charge in [-0.1, -0.05) is 11.6 Å². The fourth-order valence-electron chi connectivity index (χ4n) is 1.53. The van der Waals surface area contributed by atoms with Crippen molar-refractivity contribution >= 4 is 17.6 Å². The molecule has 0 aliphatic rings. The van der Waals surface area contributed by atoms with Gasteiger partial charge in [0.25, 0.3) is 0 Å². The molecule has 94 valence electrons. The predicted octanol–water partition coefficient (Wildman–Crippen LogP) is 2.84. The van der Waals surface area contributed by atoms with Crippen LogP contribution in [0, 0.1) is 6.92 Å². The summed E-state index contributed by atoms with van der Waals surface area (Å²) >= 11 is 6.07. The largest absolute Gasteiger partial charge is 0.495 e. The van der Waals surface area contributed by atoms with Gasteiger partial charge in [0.2, 0.25) is 0 Å². The van der Waals surface area contributed by atoms with Crippen LogP contribution in [0.1, 0.15) is 22.8 Å². The van der Waals surface area contributed by atoms with Crippen LogP contribution in [0.4, 0.5) is 0 Å². The van der Waals surface area contributed by atoms with Gasteiger partial charge in [-0.3, -0.25) is 0 Å². The number of rotatable bonds is 4. The van der Waals surface area contributed by atoms with Crippen LogP contribution in [-0.2, 0) is 4.74 Å². The molecule has 0 fully saturated rings. The number of carbonyl (C=O) groups is 1. The number of benzene rings is 1. The van der Waals surface area contributed by atoms with Gasteiger partial charge in [-0.2, -0.15) is 0 Å². The van der Waals surface area contributed by atoms with E-state index in [-0.39, 0.29) is 10.8 Å². The van der Waals surface area contributed by atoms with Crippen LogP contribution in [0.2, 0.25) is 5.02 Å². The lowest BCUT2D eigenvalue weighted by Gasteiger charge is -2.14. The second kappa shape index (κ2) is 5.77. The van der Waals surface area contributed by atoms with E-state index in [1.807, 2.05) is 0 Å². The Bertz CT molecular complexity index is 429. The molecule has 0 aromatic heterocycles. The van der Waals surface area contributed by atoms with Crippen molar-refractivity contribution in [1.29, 1.82) is 0 Å². The molecule has 1 aromatic rings. The summed E-state index contributed by atoms with van der Waals surface area (Å²) in [5.41, 5.74) is 1.03. The van der Waals surface area contributed by atoms with Crippen molar-refractivity contribution in [2.75, 3.05) is 20.8 Å². The van der Waals surface area contributed by atoms with Crippen LogP contribution in [0.25, 0.3) is 0 Å². The summed E-state index contributed by atoms with van der Waals surface area (Å²) in [7, 11) is 2.95. The Kier molecular flexibility index (Phi) is 4.63. The van der Waals surface area contributed by atoms with Gasteiger partial charge in [0.05, 0.1) is 20.8 Å². The summed E-state index contributed by atoms with van der Waals surface area (Å²) in [6.45, 7) is 3.81. The SMILES string of the molecule is CCOC(=O)c1c(C)cc(OC)c(Cl)c1OC. The van der Waals surface area contributed by atoms with Crippen molar-refractivity contribution in [3.05, 3.63) is 22.2 Å². The fraction of sp³-hybridized carbons (Fsp3) is 0.417. The molecule has 17 heavy (non-hydrogen) atoms. The highest BCUT2D eigenvalue weighted by molar-refractivity contribution is 6.34. The highest BCUT2D eigenvalue weighted by Gasteiger charge is 2.22. The summed E-state index contributed by atoms with van der Waals surface area (Å²) in [4.78, 5) is 11.8. The van der Waals surface area contributed by atoms with E-state index in [2.05, 4.69) is 0 Å². The molecule has 0 aliphatic carbocycles. The van der Waals surface area contributed by atoms with E-state index in [1.54, 1.807) is 19.9 Å². The summed E-state index contributed by atoms with van der Waals surface area (Å²) in [6.07, 6.45) is 0. The van der Waals surface area contributed by atoms with Crippen molar-refractivity contribution in [2.45, 2.75) is 13.8 Å². The van der Waals surface area contributed by atoms with Gasteiger partial charge < -0.3 is 14.2 Å². The molecule has 4 nitrogen and oxygen atoms in total. The summed E-state index contributed by atoms with van der Waals surface area (Å²) in [5.74, 6) is 0.294. The molecule has 1 rings (SSSR count). The normalized spacial score (nSPS) is 9.94. The van der Waals surface area contributed by atoms with Crippen molar-refractivity contribution in [2.24, 2.45) is 0 Å². The molecule has 0 radical (unpaired) electrons. The lowest BCUT2D eigenvalue weighted by molar-refractivity contribution is 0.0522. The second-order valence-corrected chi connectivity index (χ2v) is 3.72. The zero-order valence-corrected chi connectivity index (χ0v) is 11.1. The standard InChI is InChI=1S/C12H15ClO4/c1-5-17-12(14)9-7(2)6-8(15-3)10(13)11(9)16-4/h6H,5H2,1-4H3. The first-order valence-corrected chi connectivity index (χ1v) is 5.52. The van der Waals surface area contributed by atoms with E-state index in [0.717, 1.165) is 0 Å². The van der Waals surface area contributed by atoms with Crippen LogP contribution in [0.3, 0.4) is 0 Å². The number of esters is 1. The Morgan fingerprint density at radius 2 is 2.00 bits per heavy atom. The van der Waals surface area contributed by atoms with Crippen LogP contribution < -0.4 is 9.47 Å². The molecule has 0 unspecified atom stereocenters. The van der Waals surface area contributed by atoms with E-state index in [1.165, 1.54) is 14.2 Å². The summed E-state index contributed by atoms with van der Waals surface area (Å²) in [5, 5.41) is 0.267. The van der Waals surface area contributed by atoms with Gasteiger partial charge in [-0.15, -0.1) is 0 Å². The Labute approximate surface area is 105 Å². The summed E-state index contributed by atoms with van der Waals surface area (Å²) in [6, 6.07) is 1.68. The third-order valence-corrected chi connectivity index (χ3v) is 2.65. The number of aryl methyl sites for hydroxylation is 1. The minimum absolute atomic E-state index is 0.267. The van der Waals surface area contributed by atoms with Gasteiger partial charge in [-0.25, -0.2) is 4.79 Å². The van der Waals surface area contributed by atoms with Crippen molar-refractivity contribution in [1.82, 2.24) is 0 Å². The van der Waals surface area contributed by atoms with Crippen LogP contribution in [0.15, 0.2) is 6.07 Å².